The van der Waals surface area contributed by atoms with Crippen molar-refractivity contribution in [2.45, 2.75) is 157 Å². The summed E-state index contributed by atoms with van der Waals surface area (Å²) >= 11 is 0. The summed E-state index contributed by atoms with van der Waals surface area (Å²) in [6.07, 6.45) is 14.7. The van der Waals surface area contributed by atoms with E-state index in [0.717, 1.165) is 94.3 Å². The van der Waals surface area contributed by atoms with Crippen LogP contribution >= 0.6 is 0 Å². The van der Waals surface area contributed by atoms with Gasteiger partial charge in [0.05, 0.1) is 28.8 Å². The van der Waals surface area contributed by atoms with Gasteiger partial charge in [-0.3, -0.25) is 14.4 Å². The molecule has 2 aromatic rings. The minimum atomic E-state index is -0.957. The van der Waals surface area contributed by atoms with Crippen molar-refractivity contribution in [3.05, 3.63) is 54.5 Å². The summed E-state index contributed by atoms with van der Waals surface area (Å²) in [6, 6.07) is 10.3. The normalized spacial score (nSPS) is 39.2. The number of nitrogens with one attached hydrogen (secondary N) is 1. The van der Waals surface area contributed by atoms with Crippen molar-refractivity contribution in [2.75, 3.05) is 6.54 Å². The summed E-state index contributed by atoms with van der Waals surface area (Å²) in [6.45, 7) is 23.5. The van der Waals surface area contributed by atoms with Crippen LogP contribution in [0.4, 0.5) is 0 Å². The lowest BCUT2D eigenvalue weighted by molar-refractivity contribution is -0.250. The summed E-state index contributed by atoms with van der Waals surface area (Å²) in [5.74, 6) is 2.25. The molecule has 0 radical (unpaired) electrons. The third-order valence-electron chi connectivity index (χ3n) is 18.7. The highest BCUT2D eigenvalue weighted by Crippen LogP contribution is 2.78. The number of carboxylic acid groups (broad SMARTS) is 1. The number of hydrogen-bond acceptors (Lipinski definition) is 5. The van der Waals surface area contributed by atoms with Crippen LogP contribution in [0, 0.1) is 62.1 Å². The number of amides is 1. The number of aromatic amines is 1. The molecule has 8 heteroatoms. The van der Waals surface area contributed by atoms with Crippen LogP contribution in [0.25, 0.3) is 11.3 Å². The van der Waals surface area contributed by atoms with E-state index in [1.807, 2.05) is 12.3 Å². The van der Waals surface area contributed by atoms with Crippen molar-refractivity contribution in [1.82, 2.24) is 14.9 Å². The molecular formula is C50H71N3O5. The van der Waals surface area contributed by atoms with Gasteiger partial charge in [0.1, 0.15) is 11.9 Å². The largest absolute Gasteiger partial charge is 0.481 e. The summed E-state index contributed by atoms with van der Waals surface area (Å²) < 4.78 is 6.28. The van der Waals surface area contributed by atoms with Crippen LogP contribution in [0.3, 0.4) is 0 Å². The van der Waals surface area contributed by atoms with E-state index in [9.17, 15) is 14.7 Å². The summed E-state index contributed by atoms with van der Waals surface area (Å²) in [5.41, 5.74) is 2.24. The van der Waals surface area contributed by atoms with Crippen LogP contribution in [-0.4, -0.2) is 50.5 Å². The molecule has 1 saturated heterocycles. The number of imidazole rings is 1. The number of hydrogen-bond donors (Lipinski definition) is 2. The third-order valence-corrected chi connectivity index (χ3v) is 18.7. The zero-order chi connectivity index (χ0) is 41.6. The first kappa shape index (κ1) is 41.3. The second-order valence-corrected chi connectivity index (χ2v) is 22.1. The molecule has 58 heavy (non-hydrogen) atoms. The Morgan fingerprint density at radius 2 is 1.66 bits per heavy atom. The van der Waals surface area contributed by atoms with Crippen LogP contribution < -0.4 is 0 Å². The SMILES string of the molecule is C=C(C)[C@@H]1CC[C@]2(C(=O)N3CCC[C@@H]3c3ncc(-c4ccccc4)[nH]3)CC[C@]3(C)[C@H](CC[C@@H]4[C@@]5(C)CC[C@H](OC(=O)CCC(C)(C)C(=O)O)C(C)(C)[C@@H]5CC[C@]43C)[C@@H]12. The van der Waals surface area contributed by atoms with Gasteiger partial charge < -0.3 is 19.7 Å². The van der Waals surface area contributed by atoms with E-state index in [0.29, 0.717) is 35.5 Å². The monoisotopic (exact) mass is 794 g/mol. The van der Waals surface area contributed by atoms with Crippen molar-refractivity contribution in [1.29, 1.82) is 0 Å². The van der Waals surface area contributed by atoms with Gasteiger partial charge in [0.2, 0.25) is 5.91 Å². The Hall–Kier alpha value is -3.42. The molecule has 8 nitrogen and oxygen atoms in total. The molecule has 1 aromatic carbocycles. The van der Waals surface area contributed by atoms with E-state index in [1.54, 1.807) is 13.8 Å². The van der Waals surface area contributed by atoms with E-state index in [1.165, 1.54) is 12.0 Å². The maximum absolute atomic E-state index is 15.5. The molecule has 6 fully saturated rings. The minimum Gasteiger partial charge on any atom is -0.481 e. The lowest BCUT2D eigenvalue weighted by Crippen LogP contribution is -2.67. The Kier molecular flexibility index (Phi) is 10.2. The number of esters is 1. The van der Waals surface area contributed by atoms with Gasteiger partial charge in [-0.05, 0) is 156 Å². The topological polar surface area (TPSA) is 113 Å². The molecule has 6 aliphatic rings. The molecule has 1 amide bonds. The predicted octanol–water partition coefficient (Wildman–Crippen LogP) is 11.2. The van der Waals surface area contributed by atoms with Gasteiger partial charge >= 0.3 is 11.9 Å². The number of carbonyl (C=O) groups excluding carboxylic acids is 2. The number of benzene rings is 1. The number of nitrogens with zero attached hydrogens (tertiary/aromatic N) is 2. The van der Waals surface area contributed by atoms with E-state index >= 15 is 4.79 Å². The zero-order valence-corrected chi connectivity index (χ0v) is 36.8. The zero-order valence-electron chi connectivity index (χ0n) is 36.8. The van der Waals surface area contributed by atoms with Gasteiger partial charge in [-0.15, -0.1) is 0 Å². The average Bonchev–Trinajstić information content (AvgIpc) is 3.95. The number of aliphatic carboxylic acids is 1. The highest BCUT2D eigenvalue weighted by atomic mass is 16.5. The first-order chi connectivity index (χ1) is 27.3. The lowest BCUT2D eigenvalue weighted by Gasteiger charge is -2.73. The lowest BCUT2D eigenvalue weighted by atomic mass is 9.32. The fraction of sp³-hybridized carbons (Fsp3) is 0.720. The number of likely N-dealkylation sites (tertiary alicyclic amines) is 1. The molecule has 2 N–H and O–H groups in total. The van der Waals surface area contributed by atoms with Gasteiger partial charge in [-0.1, -0.05) is 77.1 Å². The predicted molar refractivity (Wildman–Crippen MR) is 227 cm³/mol. The van der Waals surface area contributed by atoms with Crippen molar-refractivity contribution in [3.63, 3.8) is 0 Å². The molecule has 0 spiro atoms. The molecule has 8 rings (SSSR count). The summed E-state index contributed by atoms with van der Waals surface area (Å²) in [5, 5.41) is 9.59. The molecule has 5 aliphatic carbocycles. The third kappa shape index (κ3) is 6.17. The van der Waals surface area contributed by atoms with Crippen LogP contribution in [0.5, 0.6) is 0 Å². The van der Waals surface area contributed by atoms with E-state index in [4.69, 9.17) is 9.72 Å². The van der Waals surface area contributed by atoms with Gasteiger partial charge in [0, 0.05) is 18.4 Å². The number of fused-ring (bicyclic) bond motifs is 7. The Morgan fingerprint density at radius 3 is 2.36 bits per heavy atom. The molecule has 0 bridgehead atoms. The fourth-order valence-electron chi connectivity index (χ4n) is 15.3. The van der Waals surface area contributed by atoms with E-state index in [-0.39, 0.29) is 58.0 Å². The first-order valence-corrected chi connectivity index (χ1v) is 22.8. The Balaban J connectivity index is 1.04. The Morgan fingerprint density at radius 1 is 0.914 bits per heavy atom. The second kappa shape index (κ2) is 14.4. The van der Waals surface area contributed by atoms with Crippen molar-refractivity contribution >= 4 is 17.8 Å². The quantitative estimate of drug-likeness (QED) is 0.193. The Labute approximate surface area is 347 Å². The Bertz CT molecular complexity index is 1930. The molecule has 1 aliphatic heterocycles. The van der Waals surface area contributed by atoms with Gasteiger partial charge in [-0.25, -0.2) is 4.98 Å². The summed E-state index contributed by atoms with van der Waals surface area (Å²) in [4.78, 5) is 51.2. The van der Waals surface area contributed by atoms with Crippen LogP contribution in [0.1, 0.15) is 157 Å². The fourth-order valence-corrected chi connectivity index (χ4v) is 15.3. The molecule has 2 heterocycles. The number of carboxylic acids is 1. The number of H-pyrrole nitrogens is 1. The maximum Gasteiger partial charge on any atom is 0.309 e. The highest BCUT2D eigenvalue weighted by Gasteiger charge is 2.72. The standard InChI is InChI=1S/C50H71N3O5/c1-31(2)33-19-26-50(43(55)53-29-13-16-36(53)42-51-30-35(52-42)32-14-11-10-12-15-32)28-27-48(8)34(41(33)50)17-18-38-47(7)24-21-39(46(5,6)37(47)20-25-49(38,48)9)58-40(54)22-23-45(3,4)44(56)57/h10-12,14-15,30,33-34,36-39,41H,1,13,16-29H2,2-9H3,(H,51,52)(H,56,57)/t33-,34+,36+,37-,38+,39-,41+,47-,48+,49+,50-/m0/s1. The van der Waals surface area contributed by atoms with Crippen LogP contribution in [-0.2, 0) is 19.1 Å². The van der Waals surface area contributed by atoms with Gasteiger partial charge in [0.15, 0.2) is 0 Å². The van der Waals surface area contributed by atoms with E-state index in [2.05, 4.69) is 82.3 Å². The maximum atomic E-state index is 15.5. The number of aromatic nitrogens is 2. The second-order valence-electron chi connectivity index (χ2n) is 22.1. The molecule has 5 saturated carbocycles. The number of carbonyl (C=O) groups is 3. The van der Waals surface area contributed by atoms with Crippen molar-refractivity contribution < 1.29 is 24.2 Å². The van der Waals surface area contributed by atoms with Gasteiger partial charge in [0.25, 0.3) is 0 Å². The molecule has 316 valence electrons. The number of allylic oxidation sites excluding steroid dienone is 1. The number of rotatable bonds is 9. The molecular weight excluding hydrogens is 723 g/mol. The molecule has 11 atom stereocenters. The average molecular weight is 794 g/mol. The smallest absolute Gasteiger partial charge is 0.309 e. The van der Waals surface area contributed by atoms with Crippen molar-refractivity contribution in [2.24, 2.45) is 62.1 Å². The first-order valence-electron chi connectivity index (χ1n) is 22.8. The molecule has 1 aromatic heterocycles. The molecule has 0 unspecified atom stereocenters. The van der Waals surface area contributed by atoms with Crippen molar-refractivity contribution in [3.8, 4) is 11.3 Å². The van der Waals surface area contributed by atoms with E-state index < -0.39 is 11.4 Å². The summed E-state index contributed by atoms with van der Waals surface area (Å²) in [7, 11) is 0. The highest BCUT2D eigenvalue weighted by molar-refractivity contribution is 5.85. The van der Waals surface area contributed by atoms with Crippen LogP contribution in [0.2, 0.25) is 0 Å². The van der Waals surface area contributed by atoms with Crippen LogP contribution in [0.15, 0.2) is 48.7 Å². The van der Waals surface area contributed by atoms with Gasteiger partial charge in [-0.2, -0.15) is 0 Å². The minimum absolute atomic E-state index is 0.0185. The number of ether oxygens (including phenoxy) is 1.